The van der Waals surface area contributed by atoms with Gasteiger partial charge in [-0.05, 0) is 18.7 Å². The van der Waals surface area contributed by atoms with Crippen LogP contribution in [0.15, 0.2) is 42.8 Å². The van der Waals surface area contributed by atoms with Crippen molar-refractivity contribution in [2.24, 2.45) is 5.84 Å². The van der Waals surface area contributed by atoms with Gasteiger partial charge in [0.25, 0.3) is 0 Å². The van der Waals surface area contributed by atoms with Crippen molar-refractivity contribution in [2.75, 3.05) is 0 Å². The standard InChI is InChI=1S/C8H10N2O/c1-7(10-9)11-8-5-3-2-4-6-8/h2-6,10H,1,9H2. The van der Waals surface area contributed by atoms with Gasteiger partial charge in [-0.3, -0.25) is 5.43 Å². The Morgan fingerprint density at radius 3 is 2.55 bits per heavy atom. The van der Waals surface area contributed by atoms with Gasteiger partial charge in [0.1, 0.15) is 5.75 Å². The lowest BCUT2D eigenvalue weighted by Crippen LogP contribution is -2.23. The molecule has 0 heterocycles. The average molecular weight is 150 g/mol. The maximum absolute atomic E-state index is 5.13. The van der Waals surface area contributed by atoms with Crippen LogP contribution in [0.5, 0.6) is 5.75 Å². The van der Waals surface area contributed by atoms with Gasteiger partial charge in [-0.15, -0.1) is 0 Å². The number of rotatable bonds is 3. The third-order valence-corrected chi connectivity index (χ3v) is 1.15. The maximum atomic E-state index is 5.13. The van der Waals surface area contributed by atoms with E-state index in [4.69, 9.17) is 10.6 Å². The monoisotopic (exact) mass is 150 g/mol. The highest BCUT2D eigenvalue weighted by Gasteiger charge is 1.91. The van der Waals surface area contributed by atoms with Gasteiger partial charge in [0.15, 0.2) is 5.88 Å². The Balaban J connectivity index is 2.58. The molecule has 0 saturated heterocycles. The van der Waals surface area contributed by atoms with E-state index in [9.17, 15) is 0 Å². The van der Waals surface area contributed by atoms with Crippen molar-refractivity contribution in [3.05, 3.63) is 42.8 Å². The molecule has 3 N–H and O–H groups in total. The molecule has 11 heavy (non-hydrogen) atoms. The van der Waals surface area contributed by atoms with Crippen molar-refractivity contribution >= 4 is 0 Å². The number of nitrogens with two attached hydrogens (primary N) is 1. The van der Waals surface area contributed by atoms with Crippen LogP contribution in [0.2, 0.25) is 0 Å². The minimum absolute atomic E-state index is 0.330. The van der Waals surface area contributed by atoms with Gasteiger partial charge in [-0.2, -0.15) is 0 Å². The van der Waals surface area contributed by atoms with Crippen LogP contribution in [0.25, 0.3) is 0 Å². The number of benzene rings is 1. The summed E-state index contributed by atoms with van der Waals surface area (Å²) in [5.41, 5.74) is 2.30. The minimum atomic E-state index is 0.330. The molecular formula is C8H10N2O. The molecule has 0 fully saturated rings. The lowest BCUT2D eigenvalue weighted by Gasteiger charge is -2.05. The summed E-state index contributed by atoms with van der Waals surface area (Å²) in [6.45, 7) is 3.51. The highest BCUT2D eigenvalue weighted by atomic mass is 16.5. The van der Waals surface area contributed by atoms with E-state index in [0.717, 1.165) is 5.75 Å². The highest BCUT2D eigenvalue weighted by molar-refractivity contribution is 5.22. The second-order valence-electron chi connectivity index (χ2n) is 1.98. The summed E-state index contributed by atoms with van der Waals surface area (Å²) in [5, 5.41) is 0. The third-order valence-electron chi connectivity index (χ3n) is 1.15. The van der Waals surface area contributed by atoms with E-state index in [1.54, 1.807) is 0 Å². The summed E-state index contributed by atoms with van der Waals surface area (Å²) >= 11 is 0. The molecule has 0 bridgehead atoms. The van der Waals surface area contributed by atoms with Gasteiger partial charge in [0.05, 0.1) is 0 Å². The molecule has 58 valence electrons. The summed E-state index contributed by atoms with van der Waals surface area (Å²) in [6, 6.07) is 9.30. The molecule has 0 spiro atoms. The number of para-hydroxylation sites is 1. The fourth-order valence-corrected chi connectivity index (χ4v) is 0.660. The lowest BCUT2D eigenvalue weighted by atomic mass is 10.3. The second kappa shape index (κ2) is 3.63. The molecule has 0 saturated carbocycles. The SMILES string of the molecule is C=C(NN)Oc1ccccc1. The number of hydrazine groups is 1. The van der Waals surface area contributed by atoms with E-state index in [-0.39, 0.29) is 0 Å². The molecule has 0 aromatic heterocycles. The Bertz CT molecular complexity index is 233. The summed E-state index contributed by atoms with van der Waals surface area (Å²) in [7, 11) is 0. The Morgan fingerprint density at radius 2 is 2.00 bits per heavy atom. The largest absolute Gasteiger partial charge is 0.441 e. The zero-order chi connectivity index (χ0) is 8.10. The summed E-state index contributed by atoms with van der Waals surface area (Å²) < 4.78 is 5.13. The van der Waals surface area contributed by atoms with Gasteiger partial charge in [-0.25, -0.2) is 5.84 Å². The first-order valence-corrected chi connectivity index (χ1v) is 3.21. The molecule has 1 aromatic rings. The minimum Gasteiger partial charge on any atom is -0.441 e. The molecule has 3 nitrogen and oxygen atoms in total. The van der Waals surface area contributed by atoms with E-state index in [1.165, 1.54) is 0 Å². The van der Waals surface area contributed by atoms with Gasteiger partial charge in [-0.1, -0.05) is 18.2 Å². The maximum Gasteiger partial charge on any atom is 0.200 e. The van der Waals surface area contributed by atoms with Crippen molar-refractivity contribution in [1.82, 2.24) is 5.43 Å². The van der Waals surface area contributed by atoms with Crippen LogP contribution in [0.3, 0.4) is 0 Å². The first-order chi connectivity index (χ1) is 5.33. The van der Waals surface area contributed by atoms with Crippen LogP contribution >= 0.6 is 0 Å². The molecule has 1 aromatic carbocycles. The summed E-state index contributed by atoms with van der Waals surface area (Å²) in [6.07, 6.45) is 0. The number of nitrogens with one attached hydrogen (secondary N) is 1. The zero-order valence-corrected chi connectivity index (χ0v) is 6.08. The topological polar surface area (TPSA) is 47.3 Å². The van der Waals surface area contributed by atoms with E-state index >= 15 is 0 Å². The van der Waals surface area contributed by atoms with Gasteiger partial charge in [0, 0.05) is 0 Å². The Labute approximate surface area is 65.4 Å². The third kappa shape index (κ3) is 2.31. The summed E-state index contributed by atoms with van der Waals surface area (Å²) in [5.74, 6) is 6.09. The number of hydrogen-bond donors (Lipinski definition) is 2. The molecule has 0 aliphatic heterocycles. The molecular weight excluding hydrogens is 140 g/mol. The van der Waals surface area contributed by atoms with Gasteiger partial charge >= 0.3 is 0 Å². The molecule has 1 rings (SSSR count). The quantitative estimate of drug-likeness (QED) is 0.384. The normalized spacial score (nSPS) is 8.82. The predicted molar refractivity (Wildman–Crippen MR) is 43.5 cm³/mol. The van der Waals surface area contributed by atoms with Crippen LogP contribution < -0.4 is 16.0 Å². The van der Waals surface area contributed by atoms with Crippen molar-refractivity contribution in [2.45, 2.75) is 0 Å². The van der Waals surface area contributed by atoms with Crippen LogP contribution in [-0.2, 0) is 0 Å². The van der Waals surface area contributed by atoms with Crippen molar-refractivity contribution in [3.8, 4) is 5.75 Å². The second-order valence-corrected chi connectivity index (χ2v) is 1.98. The molecule has 0 aliphatic rings. The first kappa shape index (κ1) is 7.63. The van der Waals surface area contributed by atoms with Gasteiger partial charge in [0.2, 0.25) is 0 Å². The number of ether oxygens (including phenoxy) is 1. The average Bonchev–Trinajstić information content (AvgIpc) is 2.06. The molecule has 0 radical (unpaired) electrons. The van der Waals surface area contributed by atoms with Crippen LogP contribution in [0.1, 0.15) is 0 Å². The van der Waals surface area contributed by atoms with Crippen LogP contribution in [0.4, 0.5) is 0 Å². The highest BCUT2D eigenvalue weighted by Crippen LogP contribution is 2.09. The lowest BCUT2D eigenvalue weighted by molar-refractivity contribution is 0.386. The Morgan fingerprint density at radius 1 is 1.36 bits per heavy atom. The summed E-state index contributed by atoms with van der Waals surface area (Å²) in [4.78, 5) is 0. The molecule has 0 amide bonds. The molecule has 3 heteroatoms. The zero-order valence-electron chi connectivity index (χ0n) is 6.08. The molecule has 0 aliphatic carbocycles. The smallest absolute Gasteiger partial charge is 0.200 e. The van der Waals surface area contributed by atoms with E-state index < -0.39 is 0 Å². The Hall–Kier alpha value is -1.48. The van der Waals surface area contributed by atoms with E-state index in [2.05, 4.69) is 12.0 Å². The van der Waals surface area contributed by atoms with Crippen LogP contribution in [-0.4, -0.2) is 0 Å². The van der Waals surface area contributed by atoms with Crippen molar-refractivity contribution < 1.29 is 4.74 Å². The van der Waals surface area contributed by atoms with Crippen LogP contribution in [0, 0.1) is 0 Å². The van der Waals surface area contributed by atoms with Crippen molar-refractivity contribution in [1.29, 1.82) is 0 Å². The van der Waals surface area contributed by atoms with Gasteiger partial charge < -0.3 is 4.74 Å². The molecule has 0 atom stereocenters. The molecule has 0 unspecified atom stereocenters. The van der Waals surface area contributed by atoms with E-state index in [0.29, 0.717) is 5.88 Å². The van der Waals surface area contributed by atoms with E-state index in [1.807, 2.05) is 30.3 Å². The van der Waals surface area contributed by atoms with Crippen molar-refractivity contribution in [3.63, 3.8) is 0 Å². The fourth-order valence-electron chi connectivity index (χ4n) is 0.660. The number of hydrogen-bond acceptors (Lipinski definition) is 3. The predicted octanol–water partition coefficient (Wildman–Crippen LogP) is 1.000. The Kier molecular flexibility index (Phi) is 2.52. The fraction of sp³-hybridized carbons (Fsp3) is 0. The first-order valence-electron chi connectivity index (χ1n) is 3.21.